The van der Waals surface area contributed by atoms with Gasteiger partial charge in [-0.25, -0.2) is 0 Å². The van der Waals surface area contributed by atoms with Crippen LogP contribution in [0.5, 0.6) is 0 Å². The molecule has 1 saturated carbocycles. The molecule has 0 aromatic rings. The fraction of sp³-hybridized carbons (Fsp3) is 0.929. The molecule has 0 saturated heterocycles. The Hall–Kier alpha value is -0.530. The van der Waals surface area contributed by atoms with E-state index in [4.69, 9.17) is 4.74 Å². The second-order valence-electron chi connectivity index (χ2n) is 5.84. The van der Waals surface area contributed by atoms with Crippen LogP contribution in [0.15, 0.2) is 0 Å². The van der Waals surface area contributed by atoms with E-state index in [0.717, 1.165) is 5.92 Å². The maximum atomic E-state index is 11.2. The molecule has 2 heteroatoms. The van der Waals surface area contributed by atoms with Crippen LogP contribution in [0.4, 0.5) is 0 Å². The minimum Gasteiger partial charge on any atom is -0.469 e. The molecule has 94 valence electrons. The van der Waals surface area contributed by atoms with Crippen molar-refractivity contribution in [3.05, 3.63) is 0 Å². The van der Waals surface area contributed by atoms with Crippen LogP contribution in [0.3, 0.4) is 0 Å². The Balaban J connectivity index is 2.37. The molecule has 0 aromatic heterocycles. The van der Waals surface area contributed by atoms with Crippen LogP contribution in [-0.4, -0.2) is 13.1 Å². The monoisotopic (exact) mass is 226 g/mol. The van der Waals surface area contributed by atoms with Crippen LogP contribution >= 0.6 is 0 Å². The van der Waals surface area contributed by atoms with Crippen molar-refractivity contribution in [2.45, 2.75) is 59.3 Å². The van der Waals surface area contributed by atoms with Crippen molar-refractivity contribution in [2.24, 2.45) is 17.3 Å². The third-order valence-electron chi connectivity index (χ3n) is 4.55. The summed E-state index contributed by atoms with van der Waals surface area (Å²) in [6, 6.07) is 0. The van der Waals surface area contributed by atoms with Gasteiger partial charge < -0.3 is 4.74 Å². The van der Waals surface area contributed by atoms with Crippen LogP contribution in [-0.2, 0) is 9.53 Å². The van der Waals surface area contributed by atoms with Gasteiger partial charge in [-0.2, -0.15) is 0 Å². The number of carbonyl (C=O) groups is 1. The van der Waals surface area contributed by atoms with Crippen molar-refractivity contribution in [3.63, 3.8) is 0 Å². The molecule has 1 aliphatic carbocycles. The average Bonchev–Trinajstić information content (AvgIpc) is 2.29. The Bertz CT molecular complexity index is 225. The van der Waals surface area contributed by atoms with Crippen LogP contribution in [0.2, 0.25) is 0 Å². The van der Waals surface area contributed by atoms with Crippen LogP contribution < -0.4 is 0 Å². The topological polar surface area (TPSA) is 26.3 Å². The maximum Gasteiger partial charge on any atom is 0.305 e. The average molecular weight is 226 g/mol. The quantitative estimate of drug-likeness (QED) is 0.682. The number of methoxy groups -OCH3 is 1. The molecule has 0 bridgehead atoms. The number of hydrogen-bond donors (Lipinski definition) is 0. The fourth-order valence-corrected chi connectivity index (χ4v) is 2.76. The minimum absolute atomic E-state index is 0.0433. The smallest absolute Gasteiger partial charge is 0.305 e. The normalized spacial score (nSPS) is 26.5. The first-order valence-electron chi connectivity index (χ1n) is 6.56. The first-order chi connectivity index (χ1) is 7.49. The lowest BCUT2D eigenvalue weighted by Gasteiger charge is -2.38. The predicted octanol–water partition coefficient (Wildman–Crippen LogP) is 3.79. The first kappa shape index (κ1) is 13.5. The van der Waals surface area contributed by atoms with Gasteiger partial charge in [-0.3, -0.25) is 4.79 Å². The van der Waals surface area contributed by atoms with Crippen LogP contribution in [0, 0.1) is 17.3 Å². The Morgan fingerprint density at radius 2 is 1.81 bits per heavy atom. The lowest BCUT2D eigenvalue weighted by atomic mass is 9.67. The van der Waals surface area contributed by atoms with E-state index in [-0.39, 0.29) is 5.97 Å². The van der Waals surface area contributed by atoms with E-state index in [2.05, 4.69) is 20.8 Å². The number of carbonyl (C=O) groups excluding carboxylic acids is 1. The molecule has 16 heavy (non-hydrogen) atoms. The van der Waals surface area contributed by atoms with Crippen molar-refractivity contribution < 1.29 is 9.53 Å². The van der Waals surface area contributed by atoms with Crippen molar-refractivity contribution in [1.82, 2.24) is 0 Å². The molecule has 0 aromatic carbocycles. The second kappa shape index (κ2) is 5.70. The molecule has 0 atom stereocenters. The van der Waals surface area contributed by atoms with Gasteiger partial charge in [-0.15, -0.1) is 0 Å². The van der Waals surface area contributed by atoms with E-state index < -0.39 is 0 Å². The summed E-state index contributed by atoms with van der Waals surface area (Å²) in [5.74, 6) is 1.36. The van der Waals surface area contributed by atoms with Crippen molar-refractivity contribution in [3.8, 4) is 0 Å². The van der Waals surface area contributed by atoms with E-state index in [9.17, 15) is 4.79 Å². The minimum atomic E-state index is -0.0433. The molecule has 1 aliphatic rings. The summed E-state index contributed by atoms with van der Waals surface area (Å²) in [7, 11) is 1.48. The molecular formula is C14H26O2. The van der Waals surface area contributed by atoms with E-state index in [1.54, 1.807) is 0 Å². The second-order valence-corrected chi connectivity index (χ2v) is 5.84. The van der Waals surface area contributed by atoms with Gasteiger partial charge in [0.15, 0.2) is 0 Å². The zero-order valence-corrected chi connectivity index (χ0v) is 11.2. The summed E-state index contributed by atoms with van der Waals surface area (Å²) in [4.78, 5) is 11.2. The van der Waals surface area contributed by atoms with Crippen molar-refractivity contribution >= 4 is 5.97 Å². The fourth-order valence-electron chi connectivity index (χ4n) is 2.76. The summed E-state index contributed by atoms with van der Waals surface area (Å²) in [5, 5.41) is 0. The summed E-state index contributed by atoms with van der Waals surface area (Å²) >= 11 is 0. The summed E-state index contributed by atoms with van der Waals surface area (Å²) in [6.45, 7) is 7.02. The van der Waals surface area contributed by atoms with Gasteiger partial charge in [0.2, 0.25) is 0 Å². The molecule has 1 rings (SSSR count). The van der Waals surface area contributed by atoms with E-state index in [1.807, 2.05) is 0 Å². The Kier molecular flexibility index (Phi) is 4.82. The van der Waals surface area contributed by atoms with Gasteiger partial charge in [0, 0.05) is 6.42 Å². The van der Waals surface area contributed by atoms with E-state index >= 15 is 0 Å². The number of hydrogen-bond acceptors (Lipinski definition) is 2. The molecule has 0 N–H and O–H groups in total. The SMILES string of the molecule is CCC(C)(C)C1CCC(CC(=O)OC)CC1. The zero-order valence-electron chi connectivity index (χ0n) is 11.2. The summed E-state index contributed by atoms with van der Waals surface area (Å²) in [5.41, 5.74) is 0.468. The van der Waals surface area contributed by atoms with Crippen molar-refractivity contribution in [1.29, 1.82) is 0 Å². The molecule has 0 heterocycles. The zero-order chi connectivity index (χ0) is 12.2. The van der Waals surface area contributed by atoms with Crippen LogP contribution in [0.1, 0.15) is 59.3 Å². The highest BCUT2D eigenvalue weighted by atomic mass is 16.5. The van der Waals surface area contributed by atoms with Crippen LogP contribution in [0.25, 0.3) is 0 Å². The van der Waals surface area contributed by atoms with E-state index in [1.165, 1.54) is 39.2 Å². The first-order valence-corrected chi connectivity index (χ1v) is 6.56. The molecule has 0 amide bonds. The molecular weight excluding hydrogens is 200 g/mol. The van der Waals surface area contributed by atoms with Crippen molar-refractivity contribution in [2.75, 3.05) is 7.11 Å². The van der Waals surface area contributed by atoms with Gasteiger partial charge in [0.1, 0.15) is 0 Å². The molecule has 0 aliphatic heterocycles. The van der Waals surface area contributed by atoms with Gasteiger partial charge in [-0.1, -0.05) is 27.2 Å². The van der Waals surface area contributed by atoms with Gasteiger partial charge in [-0.05, 0) is 42.9 Å². The lowest BCUT2D eigenvalue weighted by molar-refractivity contribution is -0.142. The lowest BCUT2D eigenvalue weighted by Crippen LogP contribution is -2.28. The molecule has 1 fully saturated rings. The number of ether oxygens (including phenoxy) is 1. The van der Waals surface area contributed by atoms with Gasteiger partial charge in [0.05, 0.1) is 7.11 Å². The highest BCUT2D eigenvalue weighted by Crippen LogP contribution is 2.42. The highest BCUT2D eigenvalue weighted by molar-refractivity contribution is 5.69. The Morgan fingerprint density at radius 3 is 2.25 bits per heavy atom. The third kappa shape index (κ3) is 3.50. The Morgan fingerprint density at radius 1 is 1.25 bits per heavy atom. The largest absolute Gasteiger partial charge is 0.469 e. The highest BCUT2D eigenvalue weighted by Gasteiger charge is 2.32. The predicted molar refractivity (Wildman–Crippen MR) is 66.2 cm³/mol. The summed E-state index contributed by atoms with van der Waals surface area (Å²) < 4.78 is 4.73. The maximum absolute atomic E-state index is 11.2. The van der Waals surface area contributed by atoms with E-state index in [0.29, 0.717) is 17.8 Å². The molecule has 2 nitrogen and oxygen atoms in total. The number of esters is 1. The van der Waals surface area contributed by atoms with Gasteiger partial charge >= 0.3 is 5.97 Å². The number of rotatable bonds is 4. The third-order valence-corrected chi connectivity index (χ3v) is 4.55. The standard InChI is InChI=1S/C14H26O2/c1-5-14(2,3)12-8-6-11(7-9-12)10-13(15)16-4/h11-12H,5-10H2,1-4H3. The molecule has 0 unspecified atom stereocenters. The van der Waals surface area contributed by atoms with Gasteiger partial charge in [0.25, 0.3) is 0 Å². The summed E-state index contributed by atoms with van der Waals surface area (Å²) in [6.07, 6.45) is 6.83. The molecule has 0 radical (unpaired) electrons. The molecule has 0 spiro atoms. The Labute approximate surface area is 99.8 Å².